The predicted octanol–water partition coefficient (Wildman–Crippen LogP) is 1.52. The summed E-state index contributed by atoms with van der Waals surface area (Å²) in [4.78, 5) is 2.42. The zero-order chi connectivity index (χ0) is 14.1. The van der Waals surface area contributed by atoms with E-state index in [0.717, 1.165) is 36.6 Å². The van der Waals surface area contributed by atoms with Crippen LogP contribution in [0.1, 0.15) is 23.5 Å². The SMILES string of the molecule is OC1=C[C@@H]2CCN3Cc4cc5c(cc4[C@@H]([C@@H]23)[C@@H]1O)OCO5. The van der Waals surface area contributed by atoms with Gasteiger partial charge >= 0.3 is 0 Å². The van der Waals surface area contributed by atoms with E-state index in [2.05, 4.69) is 4.90 Å². The molecule has 0 unspecified atom stereocenters. The summed E-state index contributed by atoms with van der Waals surface area (Å²) in [6.07, 6.45) is 2.06. The number of ether oxygens (including phenoxy) is 2. The van der Waals surface area contributed by atoms with Crippen molar-refractivity contribution in [2.24, 2.45) is 5.92 Å². The lowest BCUT2D eigenvalue weighted by atomic mass is 9.72. The molecule has 21 heavy (non-hydrogen) atoms. The largest absolute Gasteiger partial charge is 0.510 e. The zero-order valence-corrected chi connectivity index (χ0v) is 11.5. The Balaban J connectivity index is 1.70. The molecule has 4 atom stereocenters. The Hall–Kier alpha value is -1.72. The van der Waals surface area contributed by atoms with Gasteiger partial charge in [-0.25, -0.2) is 0 Å². The van der Waals surface area contributed by atoms with Crippen LogP contribution in [0.15, 0.2) is 24.0 Å². The van der Waals surface area contributed by atoms with Crippen molar-refractivity contribution in [2.45, 2.75) is 31.0 Å². The molecule has 4 aliphatic rings. The van der Waals surface area contributed by atoms with E-state index in [-0.39, 0.29) is 24.5 Å². The van der Waals surface area contributed by atoms with Gasteiger partial charge < -0.3 is 19.7 Å². The molecule has 110 valence electrons. The number of aliphatic hydroxyl groups is 2. The molecule has 1 aromatic carbocycles. The van der Waals surface area contributed by atoms with E-state index in [4.69, 9.17) is 9.47 Å². The van der Waals surface area contributed by atoms with Crippen LogP contribution in [0.2, 0.25) is 0 Å². The van der Waals surface area contributed by atoms with Crippen LogP contribution in [0.5, 0.6) is 11.5 Å². The van der Waals surface area contributed by atoms with E-state index in [0.29, 0.717) is 5.92 Å². The predicted molar refractivity (Wildman–Crippen MR) is 74.3 cm³/mol. The molecule has 0 aromatic heterocycles. The third-order valence-corrected chi connectivity index (χ3v) is 5.37. The van der Waals surface area contributed by atoms with Crippen LogP contribution in [0.4, 0.5) is 0 Å². The van der Waals surface area contributed by atoms with Crippen LogP contribution in [-0.4, -0.2) is 40.6 Å². The number of benzene rings is 1. The Morgan fingerprint density at radius 2 is 2.00 bits per heavy atom. The first-order chi connectivity index (χ1) is 10.2. The molecule has 5 rings (SSSR count). The number of hydrogen-bond acceptors (Lipinski definition) is 5. The Kier molecular flexibility index (Phi) is 2.22. The molecule has 1 aromatic rings. The minimum absolute atomic E-state index is 0.0826. The van der Waals surface area contributed by atoms with Crippen molar-refractivity contribution in [1.29, 1.82) is 0 Å². The number of hydrogen-bond donors (Lipinski definition) is 2. The van der Waals surface area contributed by atoms with Crippen LogP contribution in [-0.2, 0) is 6.54 Å². The van der Waals surface area contributed by atoms with Gasteiger partial charge in [0.25, 0.3) is 0 Å². The lowest BCUT2D eigenvalue weighted by molar-refractivity contribution is 0.0516. The van der Waals surface area contributed by atoms with Gasteiger partial charge in [0.2, 0.25) is 6.79 Å². The number of aliphatic hydroxyl groups excluding tert-OH is 2. The maximum Gasteiger partial charge on any atom is 0.231 e. The molecular formula is C16H17NO4. The fraction of sp³-hybridized carbons (Fsp3) is 0.500. The first-order valence-corrected chi connectivity index (χ1v) is 7.47. The van der Waals surface area contributed by atoms with Gasteiger partial charge in [-0.15, -0.1) is 0 Å². The Morgan fingerprint density at radius 1 is 1.19 bits per heavy atom. The number of rotatable bonds is 0. The van der Waals surface area contributed by atoms with Gasteiger partial charge in [-0.05, 0) is 48.2 Å². The monoisotopic (exact) mass is 287 g/mol. The molecule has 1 aliphatic carbocycles. The summed E-state index contributed by atoms with van der Waals surface area (Å²) in [7, 11) is 0. The van der Waals surface area contributed by atoms with Crippen molar-refractivity contribution < 1.29 is 19.7 Å². The molecule has 0 radical (unpaired) electrons. The van der Waals surface area contributed by atoms with Gasteiger partial charge in [-0.1, -0.05) is 0 Å². The molecule has 1 saturated heterocycles. The summed E-state index contributed by atoms with van der Waals surface area (Å²) in [5.74, 6) is 1.90. The fourth-order valence-electron chi connectivity index (χ4n) is 4.47. The lowest BCUT2D eigenvalue weighted by Crippen LogP contribution is -2.48. The second-order valence-corrected chi connectivity index (χ2v) is 6.38. The van der Waals surface area contributed by atoms with Crippen molar-refractivity contribution in [1.82, 2.24) is 4.90 Å². The molecule has 0 bridgehead atoms. The summed E-state index contributed by atoms with van der Waals surface area (Å²) in [5, 5.41) is 20.6. The summed E-state index contributed by atoms with van der Waals surface area (Å²) in [5.41, 5.74) is 2.27. The third-order valence-electron chi connectivity index (χ3n) is 5.37. The normalized spacial score (nSPS) is 36.1. The lowest BCUT2D eigenvalue weighted by Gasteiger charge is -2.44. The van der Waals surface area contributed by atoms with Crippen molar-refractivity contribution >= 4 is 0 Å². The highest BCUT2D eigenvalue weighted by molar-refractivity contribution is 5.52. The van der Waals surface area contributed by atoms with Gasteiger partial charge in [0.05, 0.1) is 0 Å². The summed E-state index contributed by atoms with van der Waals surface area (Å²) < 4.78 is 10.9. The van der Waals surface area contributed by atoms with E-state index in [1.54, 1.807) is 0 Å². The maximum atomic E-state index is 10.5. The molecule has 0 saturated carbocycles. The molecule has 0 spiro atoms. The second-order valence-electron chi connectivity index (χ2n) is 6.38. The highest BCUT2D eigenvalue weighted by Crippen LogP contribution is 2.50. The van der Waals surface area contributed by atoms with Gasteiger partial charge in [0.15, 0.2) is 11.5 Å². The van der Waals surface area contributed by atoms with Gasteiger partial charge in [-0.2, -0.15) is 0 Å². The summed E-state index contributed by atoms with van der Waals surface area (Å²) >= 11 is 0. The number of fused-ring (bicyclic) bond motifs is 3. The Morgan fingerprint density at radius 3 is 2.86 bits per heavy atom. The van der Waals surface area contributed by atoms with Crippen LogP contribution in [0, 0.1) is 5.92 Å². The van der Waals surface area contributed by atoms with Crippen LogP contribution in [0.3, 0.4) is 0 Å². The minimum atomic E-state index is -0.828. The van der Waals surface area contributed by atoms with Crippen molar-refractivity contribution in [3.63, 3.8) is 0 Å². The Labute approximate surface area is 122 Å². The Bertz CT molecular complexity index is 656. The average Bonchev–Trinajstić information content (AvgIpc) is 3.08. The maximum absolute atomic E-state index is 10.5. The molecule has 1 fully saturated rings. The molecule has 3 aliphatic heterocycles. The van der Waals surface area contributed by atoms with Gasteiger partial charge in [-0.3, -0.25) is 4.90 Å². The van der Waals surface area contributed by atoms with E-state index in [1.165, 1.54) is 5.56 Å². The molecule has 5 nitrogen and oxygen atoms in total. The van der Waals surface area contributed by atoms with Gasteiger partial charge in [0, 0.05) is 18.5 Å². The topological polar surface area (TPSA) is 62.2 Å². The average molecular weight is 287 g/mol. The van der Waals surface area contributed by atoms with E-state index in [9.17, 15) is 10.2 Å². The standard InChI is InChI=1S/C16H17NO4/c18-11-3-8-1-2-17-6-9-4-12-13(21-7-20-12)5-10(9)14(15(8)17)16(11)19/h3-5,8,14-16,18-19H,1-2,6-7H2/t8-,14-,15+,16+/m0/s1. The highest BCUT2D eigenvalue weighted by atomic mass is 16.7. The quantitative estimate of drug-likeness (QED) is 0.757. The molecular weight excluding hydrogens is 270 g/mol. The smallest absolute Gasteiger partial charge is 0.231 e. The number of nitrogens with zero attached hydrogens (tertiary/aromatic N) is 1. The second kappa shape index (κ2) is 3.93. The zero-order valence-electron chi connectivity index (χ0n) is 11.5. The fourth-order valence-corrected chi connectivity index (χ4v) is 4.47. The van der Waals surface area contributed by atoms with Crippen LogP contribution in [0.25, 0.3) is 0 Å². The van der Waals surface area contributed by atoms with Crippen molar-refractivity contribution in [2.75, 3.05) is 13.3 Å². The van der Waals surface area contributed by atoms with Gasteiger partial charge in [0.1, 0.15) is 11.9 Å². The van der Waals surface area contributed by atoms with E-state index in [1.807, 2.05) is 18.2 Å². The first kappa shape index (κ1) is 11.9. The van der Waals surface area contributed by atoms with E-state index < -0.39 is 6.10 Å². The minimum Gasteiger partial charge on any atom is -0.510 e. The van der Waals surface area contributed by atoms with Crippen molar-refractivity contribution in [3.8, 4) is 11.5 Å². The molecule has 3 heterocycles. The van der Waals surface area contributed by atoms with Crippen molar-refractivity contribution in [3.05, 3.63) is 35.1 Å². The van der Waals surface area contributed by atoms with Crippen LogP contribution >= 0.6 is 0 Å². The summed E-state index contributed by atoms with van der Waals surface area (Å²) in [6.45, 7) is 2.15. The third kappa shape index (κ3) is 1.48. The molecule has 5 heteroatoms. The summed E-state index contributed by atoms with van der Waals surface area (Å²) in [6, 6.07) is 4.31. The molecule has 0 amide bonds. The highest BCUT2D eigenvalue weighted by Gasteiger charge is 2.50. The molecule has 2 N–H and O–H groups in total. The first-order valence-electron chi connectivity index (χ1n) is 7.47. The van der Waals surface area contributed by atoms with Crippen LogP contribution < -0.4 is 9.47 Å². The van der Waals surface area contributed by atoms with E-state index >= 15 is 0 Å².